The van der Waals surface area contributed by atoms with Crippen molar-refractivity contribution in [2.45, 2.75) is 24.9 Å². The first-order valence-electron chi connectivity index (χ1n) is 5.47. The summed E-state index contributed by atoms with van der Waals surface area (Å²) in [5.41, 5.74) is 2.48. The SMILES string of the molecule is COCc1cc(O)c2c(c1O)C1C=CC2C1. The van der Waals surface area contributed by atoms with Gasteiger partial charge in [-0.25, -0.2) is 0 Å². The van der Waals surface area contributed by atoms with E-state index < -0.39 is 0 Å². The van der Waals surface area contributed by atoms with E-state index in [2.05, 4.69) is 12.2 Å². The van der Waals surface area contributed by atoms with E-state index in [9.17, 15) is 10.2 Å². The Labute approximate surface area is 94.0 Å². The molecule has 84 valence electrons. The highest BCUT2D eigenvalue weighted by Crippen LogP contribution is 2.55. The lowest BCUT2D eigenvalue weighted by molar-refractivity contribution is 0.181. The van der Waals surface area contributed by atoms with Gasteiger partial charge in [-0.15, -0.1) is 0 Å². The normalized spacial score (nSPS) is 25.1. The summed E-state index contributed by atoms with van der Waals surface area (Å²) in [4.78, 5) is 0. The van der Waals surface area contributed by atoms with E-state index in [1.807, 2.05) is 0 Å². The van der Waals surface area contributed by atoms with E-state index in [4.69, 9.17) is 4.74 Å². The minimum absolute atomic E-state index is 0.266. The zero-order valence-corrected chi connectivity index (χ0v) is 9.10. The Morgan fingerprint density at radius 2 is 1.94 bits per heavy atom. The average Bonchev–Trinajstić information content (AvgIpc) is 2.85. The largest absolute Gasteiger partial charge is 0.508 e. The number of rotatable bonds is 2. The molecular weight excluding hydrogens is 204 g/mol. The Morgan fingerprint density at radius 1 is 1.25 bits per heavy atom. The lowest BCUT2D eigenvalue weighted by Gasteiger charge is -2.16. The molecule has 2 aliphatic carbocycles. The lowest BCUT2D eigenvalue weighted by Crippen LogP contribution is -1.98. The van der Waals surface area contributed by atoms with E-state index in [-0.39, 0.29) is 17.6 Å². The van der Waals surface area contributed by atoms with Gasteiger partial charge in [0.1, 0.15) is 11.5 Å². The van der Waals surface area contributed by atoms with E-state index in [0.29, 0.717) is 17.9 Å². The third kappa shape index (κ3) is 1.12. The Morgan fingerprint density at radius 3 is 2.62 bits per heavy atom. The summed E-state index contributed by atoms with van der Waals surface area (Å²) in [7, 11) is 1.58. The Hall–Kier alpha value is -1.48. The number of phenolic OH excluding ortho intramolecular Hbond substituents is 2. The van der Waals surface area contributed by atoms with E-state index in [1.165, 1.54) is 0 Å². The summed E-state index contributed by atoms with van der Waals surface area (Å²) >= 11 is 0. The van der Waals surface area contributed by atoms with Gasteiger partial charge >= 0.3 is 0 Å². The van der Waals surface area contributed by atoms with Gasteiger partial charge < -0.3 is 14.9 Å². The Balaban J connectivity index is 2.19. The van der Waals surface area contributed by atoms with E-state index >= 15 is 0 Å². The predicted molar refractivity (Wildman–Crippen MR) is 59.7 cm³/mol. The highest BCUT2D eigenvalue weighted by Gasteiger charge is 2.37. The molecule has 0 aliphatic heterocycles. The van der Waals surface area contributed by atoms with Crippen molar-refractivity contribution in [1.29, 1.82) is 0 Å². The molecule has 0 saturated carbocycles. The Kier molecular flexibility index (Phi) is 1.98. The first-order valence-corrected chi connectivity index (χ1v) is 5.47. The van der Waals surface area contributed by atoms with Crippen LogP contribution >= 0.6 is 0 Å². The smallest absolute Gasteiger partial charge is 0.125 e. The summed E-state index contributed by atoms with van der Waals surface area (Å²) in [6.07, 6.45) is 5.21. The molecule has 2 aliphatic rings. The van der Waals surface area contributed by atoms with Crippen molar-refractivity contribution in [1.82, 2.24) is 0 Å². The molecule has 0 heterocycles. The maximum atomic E-state index is 10.2. The number of allylic oxidation sites excluding steroid dienone is 2. The number of hydrogen-bond acceptors (Lipinski definition) is 3. The molecule has 2 N–H and O–H groups in total. The highest BCUT2D eigenvalue weighted by atomic mass is 16.5. The second kappa shape index (κ2) is 3.25. The van der Waals surface area contributed by atoms with Crippen LogP contribution in [0.5, 0.6) is 11.5 Å². The number of fused-ring (bicyclic) bond motifs is 5. The quantitative estimate of drug-likeness (QED) is 0.592. The van der Waals surface area contributed by atoms with Crippen LogP contribution in [0, 0.1) is 0 Å². The molecule has 2 atom stereocenters. The second-order valence-corrected chi connectivity index (χ2v) is 4.50. The summed E-state index contributed by atoms with van der Waals surface area (Å²) < 4.78 is 5.01. The van der Waals surface area contributed by atoms with Crippen LogP contribution in [0.4, 0.5) is 0 Å². The zero-order valence-electron chi connectivity index (χ0n) is 9.10. The molecule has 0 amide bonds. The number of benzene rings is 1. The van der Waals surface area contributed by atoms with Crippen molar-refractivity contribution in [3.8, 4) is 11.5 Å². The maximum absolute atomic E-state index is 10.2. The topological polar surface area (TPSA) is 49.7 Å². The first-order chi connectivity index (χ1) is 7.72. The number of phenols is 2. The van der Waals surface area contributed by atoms with E-state index in [1.54, 1.807) is 13.2 Å². The highest BCUT2D eigenvalue weighted by molar-refractivity contribution is 5.62. The summed E-state index contributed by atoms with van der Waals surface area (Å²) in [5, 5.41) is 20.1. The van der Waals surface area contributed by atoms with Crippen molar-refractivity contribution in [2.75, 3.05) is 7.11 Å². The van der Waals surface area contributed by atoms with Gasteiger partial charge in [0, 0.05) is 35.6 Å². The first kappa shape index (κ1) is 9.73. The van der Waals surface area contributed by atoms with Crippen LogP contribution in [0.15, 0.2) is 18.2 Å². The minimum Gasteiger partial charge on any atom is -0.508 e. The van der Waals surface area contributed by atoms with Crippen molar-refractivity contribution >= 4 is 0 Å². The van der Waals surface area contributed by atoms with Crippen LogP contribution in [0.3, 0.4) is 0 Å². The van der Waals surface area contributed by atoms with E-state index in [0.717, 1.165) is 17.5 Å². The molecule has 3 nitrogen and oxygen atoms in total. The van der Waals surface area contributed by atoms with Crippen LogP contribution in [0.2, 0.25) is 0 Å². The molecule has 0 radical (unpaired) electrons. The molecule has 2 bridgehead atoms. The van der Waals surface area contributed by atoms with Crippen LogP contribution < -0.4 is 0 Å². The van der Waals surface area contributed by atoms with Gasteiger partial charge in [-0.3, -0.25) is 0 Å². The number of methoxy groups -OCH3 is 1. The van der Waals surface area contributed by atoms with Crippen molar-refractivity contribution in [3.05, 3.63) is 34.9 Å². The van der Waals surface area contributed by atoms with Crippen LogP contribution in [0.25, 0.3) is 0 Å². The predicted octanol–water partition coefficient (Wildman–Crippen LogP) is 2.38. The van der Waals surface area contributed by atoms with Gasteiger partial charge in [0.05, 0.1) is 6.61 Å². The minimum atomic E-state index is 0.266. The zero-order chi connectivity index (χ0) is 11.3. The third-order valence-electron chi connectivity index (χ3n) is 3.56. The lowest BCUT2D eigenvalue weighted by atomic mass is 9.92. The molecule has 2 unspecified atom stereocenters. The molecule has 0 saturated heterocycles. The van der Waals surface area contributed by atoms with Crippen molar-refractivity contribution < 1.29 is 14.9 Å². The van der Waals surface area contributed by atoms with Gasteiger partial charge in [-0.05, 0) is 12.5 Å². The third-order valence-corrected chi connectivity index (χ3v) is 3.56. The molecule has 0 aromatic heterocycles. The van der Waals surface area contributed by atoms with Crippen LogP contribution in [0.1, 0.15) is 34.9 Å². The van der Waals surface area contributed by atoms with Crippen LogP contribution in [-0.4, -0.2) is 17.3 Å². The van der Waals surface area contributed by atoms with Gasteiger partial charge in [0.2, 0.25) is 0 Å². The molecule has 1 aromatic carbocycles. The monoisotopic (exact) mass is 218 g/mol. The summed E-state index contributed by atoms with van der Waals surface area (Å²) in [6.45, 7) is 0.327. The number of aromatic hydroxyl groups is 2. The molecule has 0 spiro atoms. The molecule has 3 rings (SSSR count). The molecule has 3 heteroatoms. The second-order valence-electron chi connectivity index (χ2n) is 4.50. The van der Waals surface area contributed by atoms with Gasteiger partial charge in [-0.1, -0.05) is 12.2 Å². The Bertz CT molecular complexity index is 477. The van der Waals surface area contributed by atoms with Gasteiger partial charge in [-0.2, -0.15) is 0 Å². The van der Waals surface area contributed by atoms with Gasteiger partial charge in [0.25, 0.3) is 0 Å². The maximum Gasteiger partial charge on any atom is 0.125 e. The van der Waals surface area contributed by atoms with Gasteiger partial charge in [0.15, 0.2) is 0 Å². The molecule has 0 fully saturated rings. The fourth-order valence-electron chi connectivity index (χ4n) is 2.91. The fourth-order valence-corrected chi connectivity index (χ4v) is 2.91. The standard InChI is InChI=1S/C13H14O3/c1-16-6-9-5-10(14)11-7-2-3-8(4-7)12(11)13(9)15/h2-3,5,7-8,14-15H,4,6H2,1H3. The number of ether oxygens (including phenoxy) is 1. The summed E-state index contributed by atoms with van der Waals surface area (Å²) in [6, 6.07) is 1.62. The average molecular weight is 218 g/mol. The number of hydrogen-bond donors (Lipinski definition) is 2. The molecular formula is C13H14O3. The fraction of sp³-hybridized carbons (Fsp3) is 0.385. The van der Waals surface area contributed by atoms with Crippen molar-refractivity contribution in [3.63, 3.8) is 0 Å². The summed E-state index contributed by atoms with van der Waals surface area (Å²) in [5.74, 6) is 1.13. The van der Waals surface area contributed by atoms with Crippen LogP contribution in [-0.2, 0) is 11.3 Å². The molecule has 16 heavy (non-hydrogen) atoms. The van der Waals surface area contributed by atoms with Crippen molar-refractivity contribution in [2.24, 2.45) is 0 Å². The molecule has 1 aromatic rings.